The van der Waals surface area contributed by atoms with Crippen LogP contribution < -0.4 is 9.47 Å². The fraction of sp³-hybridized carbons (Fsp3) is 0.0833. The van der Waals surface area contributed by atoms with Crippen molar-refractivity contribution in [2.24, 2.45) is 0 Å². The van der Waals surface area contributed by atoms with Crippen LogP contribution in [0.1, 0.15) is 39.4 Å². The predicted octanol–water partition coefficient (Wildman–Crippen LogP) is 4.45. The van der Waals surface area contributed by atoms with E-state index >= 15 is 0 Å². The summed E-state index contributed by atoms with van der Waals surface area (Å²) in [5.41, 5.74) is 2.70. The Balaban J connectivity index is 1.64. The molecule has 3 aromatic carbocycles. The largest absolute Gasteiger partial charge is 0.508 e. The first kappa shape index (κ1) is 17.3. The first-order chi connectivity index (χ1) is 14.1. The number of phenols is 1. The van der Waals surface area contributed by atoms with Crippen LogP contribution in [0.15, 0.2) is 72.5 Å². The molecular formula is C24H16O5. The first-order valence-electron chi connectivity index (χ1n) is 9.26. The van der Waals surface area contributed by atoms with Crippen molar-refractivity contribution in [2.45, 2.75) is 12.3 Å². The van der Waals surface area contributed by atoms with Gasteiger partial charge in [0, 0.05) is 11.5 Å². The fourth-order valence-corrected chi connectivity index (χ4v) is 3.83. The number of phenolic OH excluding ortho intramolecular Hbond substituents is 1. The van der Waals surface area contributed by atoms with E-state index in [9.17, 15) is 14.7 Å². The minimum Gasteiger partial charge on any atom is -0.508 e. The fourth-order valence-electron chi connectivity index (χ4n) is 3.83. The molecule has 5 rings (SSSR count). The maximum Gasteiger partial charge on any atom is 0.312 e. The molecule has 0 fully saturated rings. The monoisotopic (exact) mass is 384 g/mol. The molecule has 0 saturated heterocycles. The van der Waals surface area contributed by atoms with E-state index in [0.29, 0.717) is 22.6 Å². The number of carbonyl (C=O) groups excluding carboxylic acids is 2. The van der Waals surface area contributed by atoms with Crippen LogP contribution in [0.2, 0.25) is 0 Å². The number of benzene rings is 3. The minimum absolute atomic E-state index is 0.0994. The second-order valence-corrected chi connectivity index (χ2v) is 7.03. The molecule has 0 radical (unpaired) electrons. The van der Waals surface area contributed by atoms with E-state index in [0.717, 1.165) is 11.1 Å². The van der Waals surface area contributed by atoms with Crippen molar-refractivity contribution >= 4 is 17.8 Å². The van der Waals surface area contributed by atoms with E-state index in [4.69, 9.17) is 9.47 Å². The Labute approximate surface area is 166 Å². The Bertz CT molecular complexity index is 1180. The van der Waals surface area contributed by atoms with Crippen molar-refractivity contribution in [3.8, 4) is 17.2 Å². The Hall–Kier alpha value is -3.86. The predicted molar refractivity (Wildman–Crippen MR) is 106 cm³/mol. The molecule has 0 aliphatic carbocycles. The number of allylic oxidation sites excluding steroid dienone is 1. The van der Waals surface area contributed by atoms with Crippen molar-refractivity contribution in [2.75, 3.05) is 0 Å². The van der Waals surface area contributed by atoms with Crippen molar-refractivity contribution in [1.82, 2.24) is 0 Å². The number of aromatic hydroxyl groups is 1. The summed E-state index contributed by atoms with van der Waals surface area (Å²) >= 11 is 0. The van der Waals surface area contributed by atoms with Gasteiger partial charge in [0.2, 0.25) is 5.78 Å². The molecule has 0 aromatic heterocycles. The van der Waals surface area contributed by atoms with Gasteiger partial charge in [0.1, 0.15) is 17.2 Å². The normalized spacial score (nSPS) is 18.8. The molecule has 2 aliphatic heterocycles. The number of ketones is 1. The van der Waals surface area contributed by atoms with E-state index in [1.165, 1.54) is 0 Å². The highest BCUT2D eigenvalue weighted by Gasteiger charge is 2.38. The van der Waals surface area contributed by atoms with Gasteiger partial charge in [-0.1, -0.05) is 42.5 Å². The van der Waals surface area contributed by atoms with Gasteiger partial charge in [0.25, 0.3) is 0 Å². The number of Topliss-reactive ketones (excluding diaryl/α,β-unsaturated/α-hetero) is 1. The number of ether oxygens (including phenoxy) is 2. The molecule has 0 bridgehead atoms. The van der Waals surface area contributed by atoms with Crippen LogP contribution in [-0.4, -0.2) is 16.9 Å². The van der Waals surface area contributed by atoms with Crippen LogP contribution in [0.4, 0.5) is 0 Å². The lowest BCUT2D eigenvalue weighted by molar-refractivity contribution is -0.135. The van der Waals surface area contributed by atoms with E-state index in [1.54, 1.807) is 36.4 Å². The molecule has 2 aliphatic rings. The molecule has 3 aromatic rings. The Morgan fingerprint density at radius 2 is 1.76 bits per heavy atom. The Morgan fingerprint density at radius 1 is 0.931 bits per heavy atom. The molecule has 29 heavy (non-hydrogen) atoms. The van der Waals surface area contributed by atoms with Crippen LogP contribution in [0.25, 0.3) is 6.08 Å². The van der Waals surface area contributed by atoms with E-state index in [-0.39, 0.29) is 35.6 Å². The average Bonchev–Trinajstić information content (AvgIpc) is 3.03. The van der Waals surface area contributed by atoms with Gasteiger partial charge in [0.05, 0.1) is 12.0 Å². The van der Waals surface area contributed by atoms with Gasteiger partial charge in [-0.15, -0.1) is 0 Å². The Kier molecular flexibility index (Phi) is 3.95. The lowest BCUT2D eigenvalue weighted by atomic mass is 9.84. The highest BCUT2D eigenvalue weighted by molar-refractivity contribution is 6.15. The summed E-state index contributed by atoms with van der Waals surface area (Å²) in [5, 5.41) is 9.89. The topological polar surface area (TPSA) is 72.8 Å². The van der Waals surface area contributed by atoms with Gasteiger partial charge in [-0.25, -0.2) is 0 Å². The van der Waals surface area contributed by atoms with E-state index in [2.05, 4.69) is 0 Å². The minimum atomic E-state index is -0.378. The van der Waals surface area contributed by atoms with Crippen molar-refractivity contribution < 1.29 is 24.2 Å². The number of carbonyl (C=O) groups is 2. The molecule has 5 heteroatoms. The third-order valence-electron chi connectivity index (χ3n) is 5.15. The number of hydrogen-bond donors (Lipinski definition) is 1. The third-order valence-corrected chi connectivity index (χ3v) is 5.15. The number of fused-ring (bicyclic) bond motifs is 3. The highest BCUT2D eigenvalue weighted by Crippen LogP contribution is 2.49. The molecule has 5 nitrogen and oxygen atoms in total. The summed E-state index contributed by atoms with van der Waals surface area (Å²) in [5.74, 6) is 0.173. The quantitative estimate of drug-likeness (QED) is 0.401. The van der Waals surface area contributed by atoms with E-state index < -0.39 is 0 Å². The summed E-state index contributed by atoms with van der Waals surface area (Å²) in [6.45, 7) is 0. The van der Waals surface area contributed by atoms with Crippen molar-refractivity contribution in [3.63, 3.8) is 0 Å². The summed E-state index contributed by atoms with van der Waals surface area (Å²) in [7, 11) is 0. The second-order valence-electron chi connectivity index (χ2n) is 7.03. The molecule has 0 spiro atoms. The lowest BCUT2D eigenvalue weighted by Crippen LogP contribution is -2.21. The highest BCUT2D eigenvalue weighted by atomic mass is 16.5. The molecule has 0 unspecified atom stereocenters. The summed E-state index contributed by atoms with van der Waals surface area (Å²) < 4.78 is 11.4. The summed E-state index contributed by atoms with van der Waals surface area (Å²) in [4.78, 5) is 25.1. The number of esters is 1. The summed E-state index contributed by atoms with van der Waals surface area (Å²) in [6.07, 6.45) is 1.80. The van der Waals surface area contributed by atoms with Crippen LogP contribution >= 0.6 is 0 Å². The second kappa shape index (κ2) is 6.63. The van der Waals surface area contributed by atoms with Gasteiger partial charge >= 0.3 is 5.97 Å². The van der Waals surface area contributed by atoms with Gasteiger partial charge in [0.15, 0.2) is 5.76 Å². The van der Waals surface area contributed by atoms with Crippen molar-refractivity contribution in [3.05, 3.63) is 94.7 Å². The van der Waals surface area contributed by atoms with Gasteiger partial charge < -0.3 is 14.6 Å². The zero-order valence-electron chi connectivity index (χ0n) is 15.3. The van der Waals surface area contributed by atoms with Crippen LogP contribution in [-0.2, 0) is 4.79 Å². The zero-order chi connectivity index (χ0) is 20.0. The van der Waals surface area contributed by atoms with Crippen LogP contribution in [0.3, 0.4) is 0 Å². The average molecular weight is 384 g/mol. The summed E-state index contributed by atoms with van der Waals surface area (Å²) in [6, 6.07) is 19.5. The molecule has 142 valence electrons. The molecular weight excluding hydrogens is 368 g/mol. The number of rotatable bonds is 2. The molecule has 1 atom stereocenters. The molecule has 1 N–H and O–H groups in total. The van der Waals surface area contributed by atoms with Gasteiger partial charge in [-0.05, 0) is 41.5 Å². The first-order valence-corrected chi connectivity index (χ1v) is 9.26. The smallest absolute Gasteiger partial charge is 0.312 e. The molecule has 2 heterocycles. The standard InChI is InChI=1S/C24H16O5/c25-16-8-4-7-15(12-16)18-13-21(26)28-19-10-9-17-23(27)20(29-24(17)22(18)19)11-14-5-2-1-3-6-14/h1-12,18,25H,13H2/b20-11-/t18-/m0/s1. The lowest BCUT2D eigenvalue weighted by Gasteiger charge is -2.26. The molecule has 0 saturated carbocycles. The maximum atomic E-state index is 12.9. The third kappa shape index (κ3) is 2.97. The Morgan fingerprint density at radius 3 is 2.55 bits per heavy atom. The van der Waals surface area contributed by atoms with Crippen LogP contribution in [0.5, 0.6) is 17.2 Å². The molecule has 0 amide bonds. The SMILES string of the molecule is O=C1C[C@@H](c2cccc(O)c2)c2c(ccc3c2O/C(=C\c2ccccc2)C3=O)O1. The van der Waals surface area contributed by atoms with Gasteiger partial charge in [-0.2, -0.15) is 0 Å². The zero-order valence-corrected chi connectivity index (χ0v) is 15.3. The van der Waals surface area contributed by atoms with Crippen molar-refractivity contribution in [1.29, 1.82) is 0 Å². The number of hydrogen-bond acceptors (Lipinski definition) is 5. The van der Waals surface area contributed by atoms with Gasteiger partial charge in [-0.3, -0.25) is 9.59 Å². The van der Waals surface area contributed by atoms with E-state index in [1.807, 2.05) is 36.4 Å². The maximum absolute atomic E-state index is 12.9. The van der Waals surface area contributed by atoms with Crippen LogP contribution in [0, 0.1) is 0 Å².